The molecular weight excluding hydrogens is 420 g/mol. The van der Waals surface area contributed by atoms with Crippen LogP contribution in [0.15, 0.2) is 30.3 Å². The second-order valence-electron chi connectivity index (χ2n) is 9.10. The molecule has 0 spiro atoms. The lowest BCUT2D eigenvalue weighted by atomic mass is 10.0. The number of aromatic nitrogens is 2. The number of hydrogen-bond donors (Lipinski definition) is 2. The number of hydrogen-bond acceptors (Lipinski definition) is 7. The number of carbonyl (C=O) groups excluding carboxylic acids is 2. The van der Waals surface area contributed by atoms with Crippen molar-refractivity contribution in [3.05, 3.63) is 52.8 Å². The van der Waals surface area contributed by atoms with E-state index in [2.05, 4.69) is 27.0 Å². The summed E-state index contributed by atoms with van der Waals surface area (Å²) in [5, 5.41) is 0. The predicted octanol–water partition coefficient (Wildman–Crippen LogP) is 1.05. The summed E-state index contributed by atoms with van der Waals surface area (Å²) in [4.78, 5) is 37.0. The zero-order valence-corrected chi connectivity index (χ0v) is 19.2. The summed E-state index contributed by atoms with van der Waals surface area (Å²) in [5.41, 5.74) is 14.2. The SMILES string of the molecule is Cc1nc(OCC(N)=O)nc(C)c1C(=O)N1CC2CN(CC[C@H](N)c3ccccc3)CC2C1. The molecule has 0 saturated carbocycles. The van der Waals surface area contributed by atoms with Crippen LogP contribution in [0.2, 0.25) is 0 Å². The van der Waals surface area contributed by atoms with Crippen molar-refractivity contribution in [3.63, 3.8) is 0 Å². The summed E-state index contributed by atoms with van der Waals surface area (Å²) in [6.07, 6.45) is 0.923. The average Bonchev–Trinajstić information content (AvgIpc) is 3.35. The van der Waals surface area contributed by atoms with Crippen LogP contribution in [0.5, 0.6) is 6.01 Å². The minimum atomic E-state index is -0.603. The van der Waals surface area contributed by atoms with E-state index in [1.807, 2.05) is 23.1 Å². The van der Waals surface area contributed by atoms with Gasteiger partial charge in [-0.05, 0) is 44.2 Å². The van der Waals surface area contributed by atoms with E-state index in [0.29, 0.717) is 28.8 Å². The number of rotatable bonds is 8. The van der Waals surface area contributed by atoms with Gasteiger partial charge in [0.25, 0.3) is 11.8 Å². The Hall–Kier alpha value is -3.04. The molecule has 3 atom stereocenters. The topological polar surface area (TPSA) is 128 Å². The smallest absolute Gasteiger partial charge is 0.317 e. The molecule has 9 nitrogen and oxygen atoms in total. The Labute approximate surface area is 194 Å². The maximum atomic E-state index is 13.3. The number of ether oxygens (including phenoxy) is 1. The highest BCUT2D eigenvalue weighted by atomic mass is 16.5. The molecule has 1 aromatic heterocycles. The van der Waals surface area contributed by atoms with Gasteiger partial charge in [-0.1, -0.05) is 30.3 Å². The summed E-state index contributed by atoms with van der Waals surface area (Å²) >= 11 is 0. The maximum Gasteiger partial charge on any atom is 0.317 e. The highest BCUT2D eigenvalue weighted by molar-refractivity contribution is 5.96. The molecule has 2 aromatic rings. The fraction of sp³-hybridized carbons (Fsp3) is 0.500. The second kappa shape index (κ2) is 9.84. The zero-order valence-electron chi connectivity index (χ0n) is 19.2. The van der Waals surface area contributed by atoms with Gasteiger partial charge in [0.15, 0.2) is 6.61 Å². The molecule has 176 valence electrons. The monoisotopic (exact) mass is 452 g/mol. The van der Waals surface area contributed by atoms with E-state index < -0.39 is 5.91 Å². The molecule has 2 aliphatic rings. The molecule has 2 amide bonds. The molecule has 9 heteroatoms. The largest absolute Gasteiger partial charge is 0.453 e. The third-order valence-corrected chi connectivity index (χ3v) is 6.64. The predicted molar refractivity (Wildman–Crippen MR) is 124 cm³/mol. The number of nitrogens with two attached hydrogens (primary N) is 2. The van der Waals surface area contributed by atoms with Crippen LogP contribution in [0.25, 0.3) is 0 Å². The van der Waals surface area contributed by atoms with Crippen LogP contribution >= 0.6 is 0 Å². The van der Waals surface area contributed by atoms with Crippen LogP contribution in [0.1, 0.15) is 39.8 Å². The molecule has 33 heavy (non-hydrogen) atoms. The van der Waals surface area contributed by atoms with E-state index in [1.165, 1.54) is 5.56 Å². The van der Waals surface area contributed by atoms with E-state index in [-0.39, 0.29) is 24.6 Å². The fourth-order valence-corrected chi connectivity index (χ4v) is 4.98. The van der Waals surface area contributed by atoms with Crippen LogP contribution in [-0.2, 0) is 4.79 Å². The van der Waals surface area contributed by atoms with Gasteiger partial charge in [0.05, 0.1) is 17.0 Å². The Morgan fingerprint density at radius 2 is 1.67 bits per heavy atom. The first-order chi connectivity index (χ1) is 15.8. The number of amides is 2. The molecule has 4 rings (SSSR count). The van der Waals surface area contributed by atoms with Gasteiger partial charge >= 0.3 is 6.01 Å². The summed E-state index contributed by atoms with van der Waals surface area (Å²) in [6.45, 7) is 7.65. The van der Waals surface area contributed by atoms with Gasteiger partial charge < -0.3 is 26.0 Å². The summed E-state index contributed by atoms with van der Waals surface area (Å²) in [5.74, 6) is 0.301. The Kier molecular flexibility index (Phi) is 6.90. The molecule has 2 fully saturated rings. The number of likely N-dealkylation sites (tertiary alicyclic amines) is 2. The molecule has 2 saturated heterocycles. The highest BCUT2D eigenvalue weighted by Gasteiger charge is 2.42. The first-order valence-corrected chi connectivity index (χ1v) is 11.4. The average molecular weight is 453 g/mol. The van der Waals surface area contributed by atoms with Crippen LogP contribution in [0, 0.1) is 25.7 Å². The third-order valence-electron chi connectivity index (χ3n) is 6.64. The molecule has 0 aliphatic carbocycles. The number of primary amides is 1. The summed E-state index contributed by atoms with van der Waals surface area (Å²) in [7, 11) is 0. The summed E-state index contributed by atoms with van der Waals surface area (Å²) in [6, 6.07) is 10.3. The van der Waals surface area contributed by atoms with Crippen molar-refractivity contribution in [2.75, 3.05) is 39.3 Å². The number of benzene rings is 1. The van der Waals surface area contributed by atoms with Crippen molar-refractivity contribution in [1.82, 2.24) is 19.8 Å². The summed E-state index contributed by atoms with van der Waals surface area (Å²) < 4.78 is 5.19. The highest BCUT2D eigenvalue weighted by Crippen LogP contribution is 2.33. The van der Waals surface area contributed by atoms with Gasteiger partial charge in [-0.3, -0.25) is 9.59 Å². The third kappa shape index (κ3) is 5.31. The van der Waals surface area contributed by atoms with Gasteiger partial charge in [0, 0.05) is 32.2 Å². The van der Waals surface area contributed by atoms with Crippen LogP contribution in [-0.4, -0.2) is 70.9 Å². The minimum absolute atomic E-state index is 0.0431. The Morgan fingerprint density at radius 1 is 1.06 bits per heavy atom. The van der Waals surface area contributed by atoms with E-state index in [9.17, 15) is 9.59 Å². The number of nitrogens with zero attached hydrogens (tertiary/aromatic N) is 4. The van der Waals surface area contributed by atoms with Crippen LogP contribution in [0.3, 0.4) is 0 Å². The molecule has 3 heterocycles. The first-order valence-electron chi connectivity index (χ1n) is 11.4. The fourth-order valence-electron chi connectivity index (χ4n) is 4.98. The maximum absolute atomic E-state index is 13.3. The molecule has 0 radical (unpaired) electrons. The van der Waals surface area contributed by atoms with Crippen molar-refractivity contribution in [2.24, 2.45) is 23.3 Å². The van der Waals surface area contributed by atoms with E-state index in [4.69, 9.17) is 16.2 Å². The lowest BCUT2D eigenvalue weighted by molar-refractivity contribution is -0.120. The normalized spacial score (nSPS) is 21.1. The molecule has 2 unspecified atom stereocenters. The Morgan fingerprint density at radius 3 is 2.24 bits per heavy atom. The van der Waals surface area contributed by atoms with Gasteiger partial charge in [-0.2, -0.15) is 9.97 Å². The quantitative estimate of drug-likeness (QED) is 0.613. The number of aryl methyl sites for hydroxylation is 2. The molecule has 4 N–H and O–H groups in total. The molecule has 0 bridgehead atoms. The lowest BCUT2D eigenvalue weighted by Gasteiger charge is -2.23. The van der Waals surface area contributed by atoms with Gasteiger partial charge in [-0.15, -0.1) is 0 Å². The van der Waals surface area contributed by atoms with Crippen LogP contribution < -0.4 is 16.2 Å². The number of carbonyl (C=O) groups is 2. The van der Waals surface area contributed by atoms with E-state index in [1.54, 1.807) is 13.8 Å². The first kappa shape index (κ1) is 23.1. The van der Waals surface area contributed by atoms with Crippen LogP contribution in [0.4, 0.5) is 0 Å². The van der Waals surface area contributed by atoms with Crippen molar-refractivity contribution < 1.29 is 14.3 Å². The van der Waals surface area contributed by atoms with Crippen molar-refractivity contribution >= 4 is 11.8 Å². The number of fused-ring (bicyclic) bond motifs is 1. The van der Waals surface area contributed by atoms with Crippen molar-refractivity contribution in [1.29, 1.82) is 0 Å². The van der Waals surface area contributed by atoms with Gasteiger partial charge in [0.1, 0.15) is 0 Å². The lowest BCUT2D eigenvalue weighted by Crippen LogP contribution is -2.35. The molecule has 1 aromatic carbocycles. The van der Waals surface area contributed by atoms with Crippen molar-refractivity contribution in [2.45, 2.75) is 26.3 Å². The molecular formula is C24H32N6O3. The van der Waals surface area contributed by atoms with Gasteiger partial charge in [-0.25, -0.2) is 0 Å². The Balaban J connectivity index is 1.31. The van der Waals surface area contributed by atoms with Crippen molar-refractivity contribution in [3.8, 4) is 6.01 Å². The van der Waals surface area contributed by atoms with E-state index in [0.717, 1.165) is 39.1 Å². The van der Waals surface area contributed by atoms with Gasteiger partial charge in [0.2, 0.25) is 0 Å². The zero-order chi connectivity index (χ0) is 23.5. The Bertz CT molecular complexity index is 978. The standard InChI is InChI=1S/C24H32N6O3/c1-15-22(16(2)28-24(27-15)33-14-21(26)31)23(32)30-12-18-10-29(11-19(18)13-30)9-8-20(25)17-6-4-3-5-7-17/h3-7,18-20H,8-14,25H2,1-2H3,(H2,26,31)/t18?,19?,20-/m0/s1. The van der Waals surface area contributed by atoms with E-state index >= 15 is 0 Å². The second-order valence-corrected chi connectivity index (χ2v) is 9.10. The molecule has 2 aliphatic heterocycles. The minimum Gasteiger partial charge on any atom is -0.453 e.